The number of benzene rings is 4. The van der Waals surface area contributed by atoms with Gasteiger partial charge in [0.2, 0.25) is 0 Å². The summed E-state index contributed by atoms with van der Waals surface area (Å²) in [5.74, 6) is -0.555. The highest BCUT2D eigenvalue weighted by Gasteiger charge is 2.11. The van der Waals surface area contributed by atoms with Crippen molar-refractivity contribution >= 4 is 45.2 Å². The van der Waals surface area contributed by atoms with Crippen molar-refractivity contribution in [3.8, 4) is 0 Å². The van der Waals surface area contributed by atoms with E-state index in [1.54, 1.807) is 36.5 Å². The van der Waals surface area contributed by atoms with Crippen LogP contribution in [0.5, 0.6) is 0 Å². The average molecular weight is 463 g/mol. The van der Waals surface area contributed by atoms with E-state index in [4.69, 9.17) is 0 Å². The highest BCUT2D eigenvalue weighted by molar-refractivity contribution is 6.06. The maximum atomic E-state index is 13.8. The summed E-state index contributed by atoms with van der Waals surface area (Å²) in [7, 11) is 0. The van der Waals surface area contributed by atoms with Gasteiger partial charge in [-0.2, -0.15) is 0 Å². The SMILES string of the molecule is Cc1c(NC(=O)c2cccc(Nc3ccnc4ccc(F)cc34)c2)cccc1Nc1ccccc1. The van der Waals surface area contributed by atoms with Gasteiger partial charge in [-0.05, 0) is 79.2 Å². The number of hydrogen-bond donors (Lipinski definition) is 3. The lowest BCUT2D eigenvalue weighted by atomic mass is 10.1. The van der Waals surface area contributed by atoms with Gasteiger partial charge in [-0.3, -0.25) is 9.78 Å². The second-order valence-corrected chi connectivity index (χ2v) is 8.15. The molecule has 6 heteroatoms. The van der Waals surface area contributed by atoms with Crippen molar-refractivity contribution in [3.63, 3.8) is 0 Å². The number of para-hydroxylation sites is 1. The Bertz CT molecular complexity index is 1520. The average Bonchev–Trinajstić information content (AvgIpc) is 2.87. The first-order chi connectivity index (χ1) is 17.1. The predicted molar refractivity (Wildman–Crippen MR) is 140 cm³/mol. The molecule has 0 atom stereocenters. The lowest BCUT2D eigenvalue weighted by Crippen LogP contribution is -2.13. The predicted octanol–water partition coefficient (Wildman–Crippen LogP) is 7.42. The number of fused-ring (bicyclic) bond motifs is 1. The number of aromatic nitrogens is 1. The molecule has 0 spiro atoms. The summed E-state index contributed by atoms with van der Waals surface area (Å²) in [5.41, 5.74) is 6.16. The zero-order valence-electron chi connectivity index (χ0n) is 19.0. The van der Waals surface area contributed by atoms with Crippen molar-refractivity contribution in [2.75, 3.05) is 16.0 Å². The normalized spacial score (nSPS) is 10.7. The van der Waals surface area contributed by atoms with Gasteiger partial charge in [0.25, 0.3) is 5.91 Å². The third-order valence-corrected chi connectivity index (χ3v) is 5.74. The van der Waals surface area contributed by atoms with Crippen molar-refractivity contribution < 1.29 is 9.18 Å². The molecule has 1 heterocycles. The molecule has 0 unspecified atom stereocenters. The summed E-state index contributed by atoms with van der Waals surface area (Å²) in [5, 5.41) is 10.4. The molecule has 1 amide bonds. The number of amides is 1. The molecule has 5 nitrogen and oxygen atoms in total. The molecule has 0 bridgehead atoms. The number of pyridine rings is 1. The van der Waals surface area contributed by atoms with Crippen LogP contribution in [-0.4, -0.2) is 10.9 Å². The van der Waals surface area contributed by atoms with Crippen LogP contribution < -0.4 is 16.0 Å². The lowest BCUT2D eigenvalue weighted by Gasteiger charge is -2.15. The van der Waals surface area contributed by atoms with E-state index in [2.05, 4.69) is 20.9 Å². The Kier molecular flexibility index (Phi) is 6.09. The van der Waals surface area contributed by atoms with Gasteiger partial charge in [-0.15, -0.1) is 0 Å². The van der Waals surface area contributed by atoms with Crippen molar-refractivity contribution in [3.05, 3.63) is 120 Å². The Hall–Kier alpha value is -4.71. The fourth-order valence-electron chi connectivity index (χ4n) is 3.90. The Balaban J connectivity index is 1.36. The van der Waals surface area contributed by atoms with Gasteiger partial charge in [-0.1, -0.05) is 30.3 Å². The topological polar surface area (TPSA) is 66.0 Å². The van der Waals surface area contributed by atoms with Crippen LogP contribution in [-0.2, 0) is 0 Å². The number of anilines is 5. The molecule has 0 aliphatic carbocycles. The molecule has 0 aliphatic rings. The summed E-state index contributed by atoms with van der Waals surface area (Å²) in [4.78, 5) is 17.4. The molecule has 1 aromatic heterocycles. The Labute approximate surface area is 202 Å². The molecule has 4 aromatic carbocycles. The minimum Gasteiger partial charge on any atom is -0.355 e. The minimum absolute atomic E-state index is 0.223. The van der Waals surface area contributed by atoms with E-state index in [0.717, 1.165) is 22.6 Å². The zero-order valence-corrected chi connectivity index (χ0v) is 19.0. The van der Waals surface area contributed by atoms with Gasteiger partial charge in [0.1, 0.15) is 5.82 Å². The Morgan fingerprint density at radius 3 is 2.34 bits per heavy atom. The minimum atomic E-state index is -0.332. The largest absolute Gasteiger partial charge is 0.355 e. The van der Waals surface area contributed by atoms with Gasteiger partial charge in [0, 0.05) is 45.6 Å². The first-order valence-corrected chi connectivity index (χ1v) is 11.2. The van der Waals surface area contributed by atoms with Gasteiger partial charge in [0.05, 0.1) is 5.52 Å². The molecular weight excluding hydrogens is 439 g/mol. The third-order valence-electron chi connectivity index (χ3n) is 5.74. The Morgan fingerprint density at radius 2 is 1.49 bits per heavy atom. The van der Waals surface area contributed by atoms with E-state index < -0.39 is 0 Å². The first kappa shape index (κ1) is 22.1. The van der Waals surface area contributed by atoms with Crippen molar-refractivity contribution in [1.29, 1.82) is 0 Å². The number of carbonyl (C=O) groups excluding carboxylic acids is 1. The summed E-state index contributed by atoms with van der Waals surface area (Å²) in [6, 6.07) is 29.1. The highest BCUT2D eigenvalue weighted by atomic mass is 19.1. The van der Waals surface area contributed by atoms with Crippen molar-refractivity contribution in [2.45, 2.75) is 6.92 Å². The molecule has 35 heavy (non-hydrogen) atoms. The van der Waals surface area contributed by atoms with Crippen LogP contribution in [0.2, 0.25) is 0 Å². The van der Waals surface area contributed by atoms with Crippen LogP contribution in [0, 0.1) is 12.7 Å². The molecular formula is C29H23FN4O. The summed E-state index contributed by atoms with van der Waals surface area (Å²) in [6.45, 7) is 1.96. The fourth-order valence-corrected chi connectivity index (χ4v) is 3.90. The van der Waals surface area contributed by atoms with Gasteiger partial charge < -0.3 is 16.0 Å². The van der Waals surface area contributed by atoms with Gasteiger partial charge >= 0.3 is 0 Å². The summed E-state index contributed by atoms with van der Waals surface area (Å²) < 4.78 is 13.8. The molecule has 3 N–H and O–H groups in total. The maximum absolute atomic E-state index is 13.8. The molecule has 5 rings (SSSR count). The van der Waals surface area contributed by atoms with Crippen LogP contribution in [0.3, 0.4) is 0 Å². The fraction of sp³-hybridized carbons (Fsp3) is 0.0345. The first-order valence-electron chi connectivity index (χ1n) is 11.2. The number of carbonyl (C=O) groups is 1. The van der Waals surface area contributed by atoms with E-state index in [0.29, 0.717) is 27.8 Å². The van der Waals surface area contributed by atoms with E-state index in [9.17, 15) is 9.18 Å². The number of nitrogens with zero attached hydrogens (tertiary/aromatic N) is 1. The number of nitrogens with one attached hydrogen (secondary N) is 3. The van der Waals surface area contributed by atoms with E-state index in [1.165, 1.54) is 12.1 Å². The second-order valence-electron chi connectivity index (χ2n) is 8.15. The van der Waals surface area contributed by atoms with Gasteiger partial charge in [0.15, 0.2) is 0 Å². The molecule has 5 aromatic rings. The number of rotatable bonds is 6. The molecule has 0 radical (unpaired) electrons. The van der Waals surface area contributed by atoms with E-state index in [1.807, 2.05) is 61.5 Å². The second kappa shape index (κ2) is 9.65. The smallest absolute Gasteiger partial charge is 0.255 e. The van der Waals surface area contributed by atoms with Crippen LogP contribution in [0.25, 0.3) is 10.9 Å². The van der Waals surface area contributed by atoms with Crippen LogP contribution in [0.4, 0.5) is 32.8 Å². The van der Waals surface area contributed by atoms with E-state index >= 15 is 0 Å². The Morgan fingerprint density at radius 1 is 0.743 bits per heavy atom. The highest BCUT2D eigenvalue weighted by Crippen LogP contribution is 2.28. The molecule has 0 fully saturated rings. The summed E-state index contributed by atoms with van der Waals surface area (Å²) in [6.07, 6.45) is 1.67. The lowest BCUT2D eigenvalue weighted by molar-refractivity contribution is 0.102. The van der Waals surface area contributed by atoms with Gasteiger partial charge in [-0.25, -0.2) is 4.39 Å². The molecule has 172 valence electrons. The van der Waals surface area contributed by atoms with Crippen LogP contribution >= 0.6 is 0 Å². The maximum Gasteiger partial charge on any atom is 0.255 e. The number of halogens is 1. The standard InChI is InChI=1S/C29H23FN4O/c1-19-25(32-22-8-3-2-4-9-22)11-6-12-26(19)34-29(35)20-7-5-10-23(17-20)33-28-15-16-31-27-14-13-21(30)18-24(27)28/h2-18,32H,1H3,(H,31,33)(H,34,35). The van der Waals surface area contributed by atoms with Crippen LogP contribution in [0.1, 0.15) is 15.9 Å². The molecule has 0 saturated heterocycles. The zero-order chi connectivity index (χ0) is 24.2. The quantitative estimate of drug-likeness (QED) is 0.246. The van der Waals surface area contributed by atoms with Crippen molar-refractivity contribution in [2.24, 2.45) is 0 Å². The third kappa shape index (κ3) is 4.96. The van der Waals surface area contributed by atoms with Crippen LogP contribution in [0.15, 0.2) is 103 Å². The number of hydrogen-bond acceptors (Lipinski definition) is 4. The summed E-state index contributed by atoms with van der Waals surface area (Å²) >= 11 is 0. The van der Waals surface area contributed by atoms with E-state index in [-0.39, 0.29) is 11.7 Å². The molecule has 0 aliphatic heterocycles. The molecule has 0 saturated carbocycles. The van der Waals surface area contributed by atoms with Crippen molar-refractivity contribution in [1.82, 2.24) is 4.98 Å². The monoisotopic (exact) mass is 462 g/mol.